The van der Waals surface area contributed by atoms with Crippen molar-refractivity contribution in [2.24, 2.45) is 0 Å². The molecule has 7 heteroatoms. The summed E-state index contributed by atoms with van der Waals surface area (Å²) in [6.07, 6.45) is 1.59. The average molecular weight is 365 g/mol. The first-order chi connectivity index (χ1) is 11.8. The summed E-state index contributed by atoms with van der Waals surface area (Å²) < 4.78 is 43.6. The number of halogens is 1. The number of carbonyl (C=O) groups is 1. The van der Waals surface area contributed by atoms with E-state index in [0.29, 0.717) is 30.0 Å². The van der Waals surface area contributed by atoms with Crippen molar-refractivity contribution in [3.8, 4) is 5.75 Å². The second kappa shape index (κ2) is 8.11. The predicted octanol–water partition coefficient (Wildman–Crippen LogP) is 3.26. The fourth-order valence-electron chi connectivity index (χ4n) is 2.28. The van der Waals surface area contributed by atoms with Crippen LogP contribution in [0.4, 0.5) is 10.1 Å². The number of benzene rings is 2. The molecule has 0 spiro atoms. The number of sulfonamides is 1. The van der Waals surface area contributed by atoms with Gasteiger partial charge in [0.15, 0.2) is 5.78 Å². The molecule has 0 heterocycles. The number of hydrogen-bond donors (Lipinski definition) is 0. The molecule has 0 radical (unpaired) electrons. The first kappa shape index (κ1) is 18.9. The van der Waals surface area contributed by atoms with Gasteiger partial charge < -0.3 is 4.74 Å². The molecule has 0 unspecified atom stereocenters. The Bertz CT molecular complexity index is 817. The van der Waals surface area contributed by atoms with Gasteiger partial charge >= 0.3 is 0 Å². The minimum absolute atomic E-state index is 0.0786. The number of hydrogen-bond acceptors (Lipinski definition) is 4. The molecular weight excluding hydrogens is 345 g/mol. The molecule has 0 N–H and O–H groups in total. The van der Waals surface area contributed by atoms with Gasteiger partial charge in [0.2, 0.25) is 10.0 Å². The van der Waals surface area contributed by atoms with Crippen LogP contribution in [0, 0.1) is 5.82 Å². The maximum absolute atomic E-state index is 12.8. The summed E-state index contributed by atoms with van der Waals surface area (Å²) in [5.41, 5.74) is 1.02. The molecule has 2 rings (SSSR count). The van der Waals surface area contributed by atoms with Crippen molar-refractivity contribution in [3.05, 3.63) is 59.9 Å². The van der Waals surface area contributed by atoms with Crippen molar-refractivity contribution in [1.82, 2.24) is 0 Å². The van der Waals surface area contributed by atoms with Crippen LogP contribution in [0.1, 0.15) is 23.7 Å². The van der Waals surface area contributed by atoms with Gasteiger partial charge in [-0.05, 0) is 55.5 Å². The summed E-state index contributed by atoms with van der Waals surface area (Å²) >= 11 is 0. The lowest BCUT2D eigenvalue weighted by Crippen LogP contribution is -2.31. The molecule has 0 aliphatic carbocycles. The minimum atomic E-state index is -3.46. The predicted molar refractivity (Wildman–Crippen MR) is 95.1 cm³/mol. The maximum Gasteiger partial charge on any atom is 0.232 e. The molecule has 0 saturated heterocycles. The molecule has 2 aromatic carbocycles. The maximum atomic E-state index is 12.8. The number of nitrogens with zero attached hydrogens (tertiary/aromatic N) is 1. The second-order valence-electron chi connectivity index (χ2n) is 5.59. The van der Waals surface area contributed by atoms with Gasteiger partial charge in [0.25, 0.3) is 0 Å². The first-order valence-electron chi connectivity index (χ1n) is 7.74. The molecule has 25 heavy (non-hydrogen) atoms. The minimum Gasteiger partial charge on any atom is -0.494 e. The zero-order chi connectivity index (χ0) is 18.4. The van der Waals surface area contributed by atoms with E-state index in [2.05, 4.69) is 0 Å². The molecule has 0 atom stereocenters. The largest absolute Gasteiger partial charge is 0.494 e. The lowest BCUT2D eigenvalue weighted by molar-refractivity contribution is 0.101. The molecule has 2 aromatic rings. The molecule has 0 amide bonds. The van der Waals surface area contributed by atoms with Crippen LogP contribution in [-0.2, 0) is 10.0 Å². The van der Waals surface area contributed by atoms with E-state index in [1.807, 2.05) is 0 Å². The molecule has 0 aliphatic rings. The third-order valence-corrected chi connectivity index (χ3v) is 4.74. The third kappa shape index (κ3) is 5.56. The van der Waals surface area contributed by atoms with E-state index in [-0.39, 0.29) is 18.1 Å². The lowest BCUT2D eigenvalue weighted by atomic mass is 10.1. The molecule has 0 fully saturated rings. The average Bonchev–Trinajstić information content (AvgIpc) is 2.55. The molecule has 0 saturated carbocycles. The highest BCUT2D eigenvalue weighted by Gasteiger charge is 2.17. The molecule has 134 valence electrons. The summed E-state index contributed by atoms with van der Waals surface area (Å²) in [5.74, 6) is 0.105. The SMILES string of the molecule is CC(=O)c1ccc(N(CCCOc2ccc(F)cc2)S(C)(=O)=O)cc1. The lowest BCUT2D eigenvalue weighted by Gasteiger charge is -2.22. The monoisotopic (exact) mass is 365 g/mol. The molecule has 5 nitrogen and oxygen atoms in total. The number of ketones is 1. The number of anilines is 1. The third-order valence-electron chi connectivity index (χ3n) is 3.55. The van der Waals surface area contributed by atoms with Crippen LogP contribution in [0.15, 0.2) is 48.5 Å². The van der Waals surface area contributed by atoms with E-state index in [0.717, 1.165) is 6.26 Å². The van der Waals surface area contributed by atoms with Crippen molar-refractivity contribution in [2.45, 2.75) is 13.3 Å². The Morgan fingerprint density at radius 3 is 2.20 bits per heavy atom. The van der Waals surface area contributed by atoms with Crippen LogP contribution in [-0.4, -0.2) is 33.6 Å². The summed E-state index contributed by atoms with van der Waals surface area (Å²) in [5, 5.41) is 0. The Hall–Kier alpha value is -2.41. The van der Waals surface area contributed by atoms with E-state index < -0.39 is 10.0 Å². The fourth-order valence-corrected chi connectivity index (χ4v) is 3.24. The number of rotatable bonds is 8. The highest BCUT2D eigenvalue weighted by Crippen LogP contribution is 2.19. The topological polar surface area (TPSA) is 63.7 Å². The summed E-state index contributed by atoms with van der Waals surface area (Å²) in [6, 6.07) is 12.1. The van der Waals surface area contributed by atoms with E-state index in [9.17, 15) is 17.6 Å². The summed E-state index contributed by atoms with van der Waals surface area (Å²) in [4.78, 5) is 11.3. The van der Waals surface area contributed by atoms with Crippen LogP contribution in [0.3, 0.4) is 0 Å². The molecule has 0 aliphatic heterocycles. The summed E-state index contributed by atoms with van der Waals surface area (Å²) in [6.45, 7) is 1.98. The Kier molecular flexibility index (Phi) is 6.14. The van der Waals surface area contributed by atoms with Gasteiger partial charge in [0.1, 0.15) is 11.6 Å². The van der Waals surface area contributed by atoms with E-state index in [1.54, 1.807) is 24.3 Å². The Morgan fingerprint density at radius 2 is 1.68 bits per heavy atom. The quantitative estimate of drug-likeness (QED) is 0.532. The standard InChI is InChI=1S/C18H20FNO4S/c1-14(21)15-4-8-17(9-5-15)20(25(2,22)23)12-3-13-24-18-10-6-16(19)7-11-18/h4-11H,3,12-13H2,1-2H3. The zero-order valence-corrected chi connectivity index (χ0v) is 14.9. The van der Waals surface area contributed by atoms with Gasteiger partial charge in [0.05, 0.1) is 18.6 Å². The Labute approximate surface area is 147 Å². The van der Waals surface area contributed by atoms with Crippen LogP contribution in [0.2, 0.25) is 0 Å². The van der Waals surface area contributed by atoms with Crippen LogP contribution in [0.5, 0.6) is 5.75 Å². The van der Waals surface area contributed by atoms with Crippen molar-refractivity contribution in [1.29, 1.82) is 0 Å². The highest BCUT2D eigenvalue weighted by atomic mass is 32.2. The van der Waals surface area contributed by atoms with Gasteiger partial charge in [0, 0.05) is 18.5 Å². The Balaban J connectivity index is 1.98. The number of ether oxygens (including phenoxy) is 1. The fraction of sp³-hybridized carbons (Fsp3) is 0.278. The van der Waals surface area contributed by atoms with E-state index in [1.165, 1.54) is 35.5 Å². The molecule has 0 bridgehead atoms. The first-order valence-corrected chi connectivity index (χ1v) is 9.59. The van der Waals surface area contributed by atoms with Gasteiger partial charge in [-0.25, -0.2) is 12.8 Å². The van der Waals surface area contributed by atoms with Crippen LogP contribution in [0.25, 0.3) is 0 Å². The van der Waals surface area contributed by atoms with E-state index >= 15 is 0 Å². The van der Waals surface area contributed by atoms with Crippen molar-refractivity contribution in [3.63, 3.8) is 0 Å². The smallest absolute Gasteiger partial charge is 0.232 e. The Morgan fingerprint density at radius 1 is 1.08 bits per heavy atom. The number of Topliss-reactive ketones (excluding diaryl/α,β-unsaturated/α-hetero) is 1. The van der Waals surface area contributed by atoms with E-state index in [4.69, 9.17) is 4.74 Å². The van der Waals surface area contributed by atoms with Crippen molar-refractivity contribution < 1.29 is 22.3 Å². The van der Waals surface area contributed by atoms with Gasteiger partial charge in [-0.3, -0.25) is 9.10 Å². The number of carbonyl (C=O) groups excluding carboxylic acids is 1. The molecular formula is C18H20FNO4S. The summed E-state index contributed by atoms with van der Waals surface area (Å²) in [7, 11) is -3.46. The zero-order valence-electron chi connectivity index (χ0n) is 14.1. The second-order valence-corrected chi connectivity index (χ2v) is 7.50. The van der Waals surface area contributed by atoms with Gasteiger partial charge in [-0.1, -0.05) is 0 Å². The van der Waals surface area contributed by atoms with Crippen LogP contribution >= 0.6 is 0 Å². The van der Waals surface area contributed by atoms with Gasteiger partial charge in [-0.2, -0.15) is 0 Å². The normalized spacial score (nSPS) is 11.2. The van der Waals surface area contributed by atoms with Gasteiger partial charge in [-0.15, -0.1) is 0 Å². The molecule has 0 aromatic heterocycles. The highest BCUT2D eigenvalue weighted by molar-refractivity contribution is 7.92. The van der Waals surface area contributed by atoms with Crippen LogP contribution < -0.4 is 9.04 Å². The van der Waals surface area contributed by atoms with Crippen molar-refractivity contribution >= 4 is 21.5 Å². The van der Waals surface area contributed by atoms with Crippen molar-refractivity contribution in [2.75, 3.05) is 23.7 Å².